The largest absolute Gasteiger partial charge is 0.459 e. The summed E-state index contributed by atoms with van der Waals surface area (Å²) in [5.74, 6) is 0.902. The fourth-order valence-electron chi connectivity index (χ4n) is 2.54. The molecule has 1 aromatic carbocycles. The highest BCUT2D eigenvalue weighted by molar-refractivity contribution is 5.82. The van der Waals surface area contributed by atoms with Crippen LogP contribution in [0.25, 0.3) is 11.0 Å². The third kappa shape index (κ3) is 2.89. The highest BCUT2D eigenvalue weighted by Crippen LogP contribution is 2.29. The third-order valence-corrected chi connectivity index (χ3v) is 4.29. The zero-order chi connectivity index (χ0) is 14.9. The van der Waals surface area contributed by atoms with Crippen molar-refractivity contribution < 1.29 is 4.42 Å². The topological polar surface area (TPSA) is 42.4 Å². The van der Waals surface area contributed by atoms with E-state index in [0.29, 0.717) is 12.6 Å². The van der Waals surface area contributed by atoms with Crippen molar-refractivity contribution in [2.45, 2.75) is 46.8 Å². The van der Waals surface area contributed by atoms with E-state index >= 15 is 0 Å². The van der Waals surface area contributed by atoms with Gasteiger partial charge in [-0.25, -0.2) is 0 Å². The van der Waals surface area contributed by atoms with Gasteiger partial charge in [-0.2, -0.15) is 0 Å². The standard InChI is InChI=1S/C17H26N2O/c1-12(17(2,3)4)19(5)11-14-13-8-6-7-9-15(13)20-16(14)10-18/h6-9,12H,10-11,18H2,1-5H3. The number of nitrogens with zero attached hydrogens (tertiary/aromatic N) is 1. The van der Waals surface area contributed by atoms with E-state index in [4.69, 9.17) is 10.2 Å². The average molecular weight is 274 g/mol. The van der Waals surface area contributed by atoms with Crippen LogP contribution in [-0.2, 0) is 13.1 Å². The molecule has 0 amide bonds. The maximum Gasteiger partial charge on any atom is 0.134 e. The normalized spacial score (nSPS) is 14.2. The third-order valence-electron chi connectivity index (χ3n) is 4.29. The number of furan rings is 1. The van der Waals surface area contributed by atoms with Gasteiger partial charge in [-0.05, 0) is 25.5 Å². The molecule has 0 aliphatic rings. The van der Waals surface area contributed by atoms with Crippen molar-refractivity contribution in [3.63, 3.8) is 0 Å². The van der Waals surface area contributed by atoms with E-state index in [9.17, 15) is 0 Å². The van der Waals surface area contributed by atoms with Gasteiger partial charge in [-0.3, -0.25) is 4.90 Å². The van der Waals surface area contributed by atoms with E-state index in [0.717, 1.165) is 17.9 Å². The van der Waals surface area contributed by atoms with Gasteiger partial charge >= 0.3 is 0 Å². The second kappa shape index (κ2) is 5.58. The summed E-state index contributed by atoms with van der Waals surface area (Å²) in [7, 11) is 2.16. The number of rotatable bonds is 4. The quantitative estimate of drug-likeness (QED) is 0.923. The molecule has 20 heavy (non-hydrogen) atoms. The molecule has 0 spiro atoms. The zero-order valence-corrected chi connectivity index (χ0v) is 13.2. The maximum atomic E-state index is 5.86. The molecule has 110 valence electrons. The molecule has 0 radical (unpaired) electrons. The molecule has 1 heterocycles. The van der Waals surface area contributed by atoms with Gasteiger partial charge in [-0.15, -0.1) is 0 Å². The second-order valence-electron chi connectivity index (χ2n) is 6.66. The van der Waals surface area contributed by atoms with E-state index in [1.807, 2.05) is 12.1 Å². The van der Waals surface area contributed by atoms with Crippen molar-refractivity contribution in [3.05, 3.63) is 35.6 Å². The monoisotopic (exact) mass is 274 g/mol. The molecule has 0 saturated carbocycles. The van der Waals surface area contributed by atoms with Gasteiger partial charge in [0.1, 0.15) is 11.3 Å². The Labute approximate surface area is 121 Å². The van der Waals surface area contributed by atoms with Crippen LogP contribution in [0.5, 0.6) is 0 Å². The SMILES string of the molecule is CC(N(C)Cc1c(CN)oc2ccccc12)C(C)(C)C. The Morgan fingerprint density at radius 2 is 1.90 bits per heavy atom. The predicted octanol–water partition coefficient (Wildman–Crippen LogP) is 3.76. The van der Waals surface area contributed by atoms with Crippen LogP contribution in [0.2, 0.25) is 0 Å². The minimum atomic E-state index is 0.247. The average Bonchev–Trinajstić information content (AvgIpc) is 2.75. The van der Waals surface area contributed by atoms with Crippen LogP contribution < -0.4 is 5.73 Å². The van der Waals surface area contributed by atoms with Gasteiger partial charge in [0.25, 0.3) is 0 Å². The van der Waals surface area contributed by atoms with Crippen molar-refractivity contribution in [3.8, 4) is 0 Å². The molecule has 0 saturated heterocycles. The number of para-hydroxylation sites is 1. The summed E-state index contributed by atoms with van der Waals surface area (Å²) in [4.78, 5) is 2.37. The lowest BCUT2D eigenvalue weighted by Crippen LogP contribution is -2.38. The molecule has 3 nitrogen and oxygen atoms in total. The molecule has 0 fully saturated rings. The van der Waals surface area contributed by atoms with Gasteiger partial charge in [0.2, 0.25) is 0 Å². The summed E-state index contributed by atoms with van der Waals surface area (Å²) in [6, 6.07) is 8.64. The molecule has 3 heteroatoms. The first kappa shape index (κ1) is 15.1. The van der Waals surface area contributed by atoms with Crippen LogP contribution in [0.4, 0.5) is 0 Å². The Hall–Kier alpha value is -1.32. The molecule has 0 aliphatic heterocycles. The highest BCUT2D eigenvalue weighted by Gasteiger charge is 2.25. The maximum absolute atomic E-state index is 5.86. The van der Waals surface area contributed by atoms with Crippen molar-refractivity contribution in [1.29, 1.82) is 0 Å². The van der Waals surface area contributed by atoms with Crippen LogP contribution in [0.3, 0.4) is 0 Å². The molecular formula is C17H26N2O. The van der Waals surface area contributed by atoms with E-state index < -0.39 is 0 Å². The number of fused-ring (bicyclic) bond motifs is 1. The summed E-state index contributed by atoms with van der Waals surface area (Å²) in [5.41, 5.74) is 8.24. The first-order chi connectivity index (χ1) is 9.34. The van der Waals surface area contributed by atoms with E-state index in [1.54, 1.807) is 0 Å². The summed E-state index contributed by atoms with van der Waals surface area (Å²) >= 11 is 0. The summed E-state index contributed by atoms with van der Waals surface area (Å²) in [6.07, 6.45) is 0. The Morgan fingerprint density at radius 3 is 2.50 bits per heavy atom. The first-order valence-corrected chi connectivity index (χ1v) is 7.24. The van der Waals surface area contributed by atoms with Crippen LogP contribution in [0, 0.1) is 5.41 Å². The van der Waals surface area contributed by atoms with E-state index in [-0.39, 0.29) is 5.41 Å². The lowest BCUT2D eigenvalue weighted by molar-refractivity contribution is 0.134. The lowest BCUT2D eigenvalue weighted by Gasteiger charge is -2.35. The molecule has 1 unspecified atom stereocenters. The van der Waals surface area contributed by atoms with Crippen molar-refractivity contribution in [1.82, 2.24) is 4.90 Å². The zero-order valence-electron chi connectivity index (χ0n) is 13.2. The number of nitrogens with two attached hydrogens (primary N) is 1. The van der Waals surface area contributed by atoms with Crippen LogP contribution in [-0.4, -0.2) is 18.0 Å². The summed E-state index contributed by atoms with van der Waals surface area (Å²) < 4.78 is 5.86. The summed E-state index contributed by atoms with van der Waals surface area (Å²) in [6.45, 7) is 10.4. The van der Waals surface area contributed by atoms with Crippen LogP contribution in [0.15, 0.2) is 28.7 Å². The second-order valence-corrected chi connectivity index (χ2v) is 6.66. The summed E-state index contributed by atoms with van der Waals surface area (Å²) in [5, 5.41) is 1.18. The molecule has 0 aliphatic carbocycles. The van der Waals surface area contributed by atoms with Gasteiger partial charge in [0, 0.05) is 23.5 Å². The Bertz CT molecular complexity index is 580. The smallest absolute Gasteiger partial charge is 0.134 e. The molecule has 0 bridgehead atoms. The molecule has 1 atom stereocenters. The fourth-order valence-corrected chi connectivity index (χ4v) is 2.54. The fraction of sp³-hybridized carbons (Fsp3) is 0.529. The van der Waals surface area contributed by atoms with Gasteiger partial charge in [-0.1, -0.05) is 39.0 Å². The molecular weight excluding hydrogens is 248 g/mol. The Morgan fingerprint density at radius 1 is 1.25 bits per heavy atom. The number of hydrogen-bond acceptors (Lipinski definition) is 3. The van der Waals surface area contributed by atoms with Crippen LogP contribution >= 0.6 is 0 Å². The van der Waals surface area contributed by atoms with Crippen LogP contribution in [0.1, 0.15) is 39.0 Å². The highest BCUT2D eigenvalue weighted by atomic mass is 16.3. The minimum absolute atomic E-state index is 0.247. The molecule has 2 aromatic rings. The lowest BCUT2D eigenvalue weighted by atomic mass is 9.87. The van der Waals surface area contributed by atoms with Gasteiger partial charge < -0.3 is 10.2 Å². The van der Waals surface area contributed by atoms with E-state index in [2.05, 4.69) is 51.8 Å². The minimum Gasteiger partial charge on any atom is -0.459 e. The van der Waals surface area contributed by atoms with Gasteiger partial charge in [0.15, 0.2) is 0 Å². The Balaban J connectivity index is 2.33. The van der Waals surface area contributed by atoms with Gasteiger partial charge in [0.05, 0.1) is 6.54 Å². The molecule has 2 rings (SSSR count). The molecule has 2 N–H and O–H groups in total. The van der Waals surface area contributed by atoms with Crippen molar-refractivity contribution in [2.75, 3.05) is 7.05 Å². The predicted molar refractivity (Wildman–Crippen MR) is 84.5 cm³/mol. The van der Waals surface area contributed by atoms with Crippen molar-refractivity contribution >= 4 is 11.0 Å². The van der Waals surface area contributed by atoms with E-state index in [1.165, 1.54) is 10.9 Å². The van der Waals surface area contributed by atoms with Crippen molar-refractivity contribution in [2.24, 2.45) is 11.1 Å². The number of hydrogen-bond donors (Lipinski definition) is 1. The Kier molecular flexibility index (Phi) is 4.21. The first-order valence-electron chi connectivity index (χ1n) is 7.24. The number of benzene rings is 1. The molecule has 1 aromatic heterocycles.